The van der Waals surface area contributed by atoms with Gasteiger partial charge in [-0.2, -0.15) is 5.26 Å². The van der Waals surface area contributed by atoms with Gasteiger partial charge in [0.25, 0.3) is 0 Å². The number of imidazole rings is 1. The number of phenols is 1. The number of piperazine rings is 1. The normalized spacial score (nSPS) is 18.1. The van der Waals surface area contributed by atoms with Crippen molar-refractivity contribution in [3.05, 3.63) is 70.8 Å². The third-order valence-corrected chi connectivity index (χ3v) is 6.07. The van der Waals surface area contributed by atoms with Crippen molar-refractivity contribution in [2.24, 2.45) is 0 Å². The monoisotopic (exact) mass is 429 g/mol. The number of nitriles is 1. The Bertz CT molecular complexity index is 1240. The minimum Gasteiger partial charge on any atom is -0.508 e. The van der Waals surface area contributed by atoms with Crippen LogP contribution >= 0.6 is 0 Å². The molecule has 2 aromatic carbocycles. The molecule has 1 aromatic heterocycles. The summed E-state index contributed by atoms with van der Waals surface area (Å²) in [6.45, 7) is 5.12. The van der Waals surface area contributed by atoms with Gasteiger partial charge in [-0.3, -0.25) is 9.69 Å². The highest BCUT2D eigenvalue weighted by Gasteiger charge is 2.26. The molecule has 8 nitrogen and oxygen atoms in total. The van der Waals surface area contributed by atoms with Crippen molar-refractivity contribution in [2.75, 3.05) is 19.6 Å². The van der Waals surface area contributed by atoms with Crippen LogP contribution in [0.2, 0.25) is 0 Å². The van der Waals surface area contributed by atoms with Crippen molar-refractivity contribution in [3.8, 4) is 23.3 Å². The molecule has 0 radical (unpaired) electrons. The van der Waals surface area contributed by atoms with E-state index >= 15 is 0 Å². The number of amides is 1. The van der Waals surface area contributed by atoms with Gasteiger partial charge in [-0.25, -0.2) is 4.98 Å². The van der Waals surface area contributed by atoms with E-state index in [0.29, 0.717) is 55.3 Å². The number of aromatic hydroxyl groups is 1. The van der Waals surface area contributed by atoms with Gasteiger partial charge in [0.2, 0.25) is 5.91 Å². The van der Waals surface area contributed by atoms with E-state index in [4.69, 9.17) is 4.74 Å². The molecule has 1 amide bonds. The molecule has 1 N–H and O–H groups in total. The van der Waals surface area contributed by atoms with Crippen LogP contribution in [-0.4, -0.2) is 50.0 Å². The number of hydrogen-bond acceptors (Lipinski definition) is 6. The molecule has 3 aliphatic heterocycles. The molecule has 6 bridgehead atoms. The molecule has 1 atom stereocenters. The van der Waals surface area contributed by atoms with E-state index in [1.807, 2.05) is 25.3 Å². The number of benzene rings is 2. The number of carbonyl (C=O) groups is 1. The fourth-order valence-electron chi connectivity index (χ4n) is 4.25. The number of hydrogen-bond donors (Lipinski definition) is 1. The van der Waals surface area contributed by atoms with Crippen molar-refractivity contribution >= 4 is 5.91 Å². The van der Waals surface area contributed by atoms with Crippen molar-refractivity contribution in [2.45, 2.75) is 26.6 Å². The zero-order valence-electron chi connectivity index (χ0n) is 17.8. The quantitative estimate of drug-likeness (QED) is 0.591. The molecule has 0 spiro atoms. The Morgan fingerprint density at radius 2 is 1.97 bits per heavy atom. The van der Waals surface area contributed by atoms with Crippen LogP contribution < -0.4 is 4.74 Å². The van der Waals surface area contributed by atoms with Crippen molar-refractivity contribution in [3.63, 3.8) is 0 Å². The van der Waals surface area contributed by atoms with E-state index in [-0.39, 0.29) is 11.7 Å². The first kappa shape index (κ1) is 20.1. The second-order valence-electron chi connectivity index (χ2n) is 8.24. The molecule has 32 heavy (non-hydrogen) atoms. The van der Waals surface area contributed by atoms with E-state index < -0.39 is 0 Å². The first-order valence-electron chi connectivity index (χ1n) is 10.5. The van der Waals surface area contributed by atoms with Crippen molar-refractivity contribution in [1.82, 2.24) is 19.4 Å². The Labute approximate surface area is 185 Å². The summed E-state index contributed by atoms with van der Waals surface area (Å²) in [7, 11) is 0. The fourth-order valence-corrected chi connectivity index (χ4v) is 4.25. The minimum atomic E-state index is 0.0221. The van der Waals surface area contributed by atoms with E-state index in [0.717, 1.165) is 23.6 Å². The van der Waals surface area contributed by atoms with E-state index in [1.54, 1.807) is 29.2 Å². The van der Waals surface area contributed by atoms with E-state index in [9.17, 15) is 15.2 Å². The maximum atomic E-state index is 12.8. The lowest BCUT2D eigenvalue weighted by molar-refractivity contribution is -0.136. The molecule has 4 heterocycles. The third-order valence-electron chi connectivity index (χ3n) is 6.07. The largest absolute Gasteiger partial charge is 0.508 e. The lowest BCUT2D eigenvalue weighted by Gasteiger charge is -2.34. The van der Waals surface area contributed by atoms with Gasteiger partial charge in [0, 0.05) is 44.5 Å². The summed E-state index contributed by atoms with van der Waals surface area (Å²) in [5.41, 5.74) is 3.05. The number of phenolic OH excluding ortho intramolecular Hbond substituents is 1. The number of fused-ring (bicyclic) bond motifs is 2. The summed E-state index contributed by atoms with van der Waals surface area (Å²) in [6.07, 6.45) is 1.86. The molecule has 1 fully saturated rings. The maximum Gasteiger partial charge on any atom is 0.237 e. The van der Waals surface area contributed by atoms with Gasteiger partial charge in [-0.05, 0) is 42.8 Å². The fraction of sp³-hybridized carbons (Fsp3) is 0.292. The Morgan fingerprint density at radius 1 is 1.09 bits per heavy atom. The number of nitrogens with zero attached hydrogens (tertiary/aromatic N) is 5. The predicted molar refractivity (Wildman–Crippen MR) is 116 cm³/mol. The van der Waals surface area contributed by atoms with Crippen LogP contribution in [0, 0.1) is 18.3 Å². The summed E-state index contributed by atoms with van der Waals surface area (Å²) in [5, 5.41) is 19.9. The van der Waals surface area contributed by atoms with Crippen LogP contribution in [0.4, 0.5) is 0 Å². The highest BCUT2D eigenvalue weighted by Crippen LogP contribution is 2.31. The van der Waals surface area contributed by atoms with Crippen molar-refractivity contribution < 1.29 is 14.6 Å². The average Bonchev–Trinajstić information content (AvgIpc) is 3.11. The van der Waals surface area contributed by atoms with Gasteiger partial charge in [0.1, 0.15) is 29.1 Å². The minimum absolute atomic E-state index is 0.0221. The Kier molecular flexibility index (Phi) is 5.04. The first-order chi connectivity index (χ1) is 15.5. The Morgan fingerprint density at radius 3 is 2.78 bits per heavy atom. The SMILES string of the molecule is Cc1ncc2n1Cc1ccc(C#N)c(c1)Oc1ccc(O)c(c1)CN1CCN(CC1=O)C2. The highest BCUT2D eigenvalue weighted by molar-refractivity contribution is 5.79. The molecule has 1 unspecified atom stereocenters. The van der Waals surface area contributed by atoms with Crippen LogP contribution in [0.5, 0.6) is 17.2 Å². The van der Waals surface area contributed by atoms with E-state index in [1.165, 1.54) is 0 Å². The van der Waals surface area contributed by atoms with Crippen LogP contribution in [0.3, 0.4) is 0 Å². The Balaban J connectivity index is 1.61. The molecule has 0 saturated carbocycles. The number of carbonyl (C=O) groups excluding carboxylic acids is 1. The Hall–Kier alpha value is -3.83. The lowest BCUT2D eigenvalue weighted by Crippen LogP contribution is -2.49. The molecule has 6 rings (SSSR count). The smallest absolute Gasteiger partial charge is 0.237 e. The van der Waals surface area contributed by atoms with Gasteiger partial charge in [0.15, 0.2) is 0 Å². The summed E-state index contributed by atoms with van der Waals surface area (Å²) in [6, 6.07) is 12.7. The van der Waals surface area contributed by atoms with E-state index in [2.05, 4.69) is 20.5 Å². The van der Waals surface area contributed by atoms with Crippen LogP contribution in [0.15, 0.2) is 42.6 Å². The summed E-state index contributed by atoms with van der Waals surface area (Å²) < 4.78 is 8.20. The van der Waals surface area contributed by atoms with Crippen LogP contribution in [0.1, 0.15) is 28.2 Å². The number of aromatic nitrogens is 2. The standard InChI is InChI=1S/C24H23N5O3/c1-16-26-11-20-14-27-6-7-28(24(31)15-27)13-19-9-21(4-5-22(19)30)32-23-8-17(12-29(16)20)2-3-18(23)10-25/h2-5,8-9,11,30H,6-7,12-15H2,1H3. The maximum absolute atomic E-state index is 12.8. The molecular weight excluding hydrogens is 406 g/mol. The molecular formula is C24H23N5O3. The summed E-state index contributed by atoms with van der Waals surface area (Å²) >= 11 is 0. The van der Waals surface area contributed by atoms with Crippen LogP contribution in [0.25, 0.3) is 0 Å². The van der Waals surface area contributed by atoms with Gasteiger partial charge in [0.05, 0.1) is 17.8 Å². The number of ether oxygens (including phenoxy) is 1. The first-order valence-corrected chi connectivity index (χ1v) is 10.5. The zero-order chi connectivity index (χ0) is 22.2. The second-order valence-corrected chi connectivity index (χ2v) is 8.24. The topological polar surface area (TPSA) is 94.6 Å². The van der Waals surface area contributed by atoms with Gasteiger partial charge >= 0.3 is 0 Å². The zero-order valence-corrected chi connectivity index (χ0v) is 17.8. The molecule has 162 valence electrons. The average molecular weight is 429 g/mol. The molecule has 3 aromatic rings. The summed E-state index contributed by atoms with van der Waals surface area (Å²) in [5.74, 6) is 1.98. The third kappa shape index (κ3) is 3.79. The molecule has 0 aliphatic carbocycles. The molecule has 3 aliphatic rings. The van der Waals surface area contributed by atoms with Gasteiger partial charge in [-0.1, -0.05) is 6.07 Å². The van der Waals surface area contributed by atoms with Gasteiger partial charge < -0.3 is 19.3 Å². The van der Waals surface area contributed by atoms with Gasteiger partial charge in [-0.15, -0.1) is 0 Å². The highest BCUT2D eigenvalue weighted by atomic mass is 16.5. The number of rotatable bonds is 0. The second kappa shape index (κ2) is 8.02. The predicted octanol–water partition coefficient (Wildman–Crippen LogP) is 2.77. The number of aryl methyl sites for hydroxylation is 1. The molecule has 8 heteroatoms. The molecule has 1 saturated heterocycles. The van der Waals surface area contributed by atoms with Crippen molar-refractivity contribution in [1.29, 1.82) is 5.26 Å². The van der Waals surface area contributed by atoms with Crippen LogP contribution in [-0.2, 0) is 24.4 Å². The lowest BCUT2D eigenvalue weighted by atomic mass is 10.1. The summed E-state index contributed by atoms with van der Waals surface area (Å²) in [4.78, 5) is 21.2.